The van der Waals surface area contributed by atoms with E-state index in [9.17, 15) is 9.18 Å². The molecular formula is C13H17FN2O2. The molecule has 1 heterocycles. The first kappa shape index (κ1) is 12.8. The average Bonchev–Trinajstić information content (AvgIpc) is 2.37. The van der Waals surface area contributed by atoms with Crippen molar-refractivity contribution < 1.29 is 14.3 Å². The second-order valence-corrected chi connectivity index (χ2v) is 4.51. The maximum absolute atomic E-state index is 13.7. The van der Waals surface area contributed by atoms with Crippen LogP contribution in [0.25, 0.3) is 0 Å². The number of hydrogen-bond donors (Lipinski definition) is 2. The fourth-order valence-corrected chi connectivity index (χ4v) is 2.30. The third kappa shape index (κ3) is 3.20. The van der Waals surface area contributed by atoms with Crippen LogP contribution in [-0.4, -0.2) is 36.8 Å². The summed E-state index contributed by atoms with van der Waals surface area (Å²) >= 11 is 0. The number of hydrogen-bond acceptors (Lipinski definition) is 3. The highest BCUT2D eigenvalue weighted by atomic mass is 19.1. The van der Waals surface area contributed by atoms with Gasteiger partial charge >= 0.3 is 5.97 Å². The van der Waals surface area contributed by atoms with Gasteiger partial charge in [0.25, 0.3) is 0 Å². The van der Waals surface area contributed by atoms with Gasteiger partial charge in [0.1, 0.15) is 5.82 Å². The summed E-state index contributed by atoms with van der Waals surface area (Å²) < 4.78 is 13.7. The SMILES string of the molecule is O=C(O)CNC1CCCN(c2ccccc2F)C1. The van der Waals surface area contributed by atoms with Gasteiger partial charge in [0.2, 0.25) is 0 Å². The molecular weight excluding hydrogens is 235 g/mol. The van der Waals surface area contributed by atoms with E-state index in [0.717, 1.165) is 19.4 Å². The van der Waals surface area contributed by atoms with E-state index in [1.54, 1.807) is 12.1 Å². The molecule has 2 N–H and O–H groups in total. The number of para-hydroxylation sites is 1. The fourth-order valence-electron chi connectivity index (χ4n) is 2.30. The van der Waals surface area contributed by atoms with Crippen LogP contribution in [0.5, 0.6) is 0 Å². The van der Waals surface area contributed by atoms with Gasteiger partial charge in [0, 0.05) is 19.1 Å². The number of carboxylic acids is 1. The van der Waals surface area contributed by atoms with Crippen molar-refractivity contribution in [2.24, 2.45) is 0 Å². The second-order valence-electron chi connectivity index (χ2n) is 4.51. The summed E-state index contributed by atoms with van der Waals surface area (Å²) in [5.74, 6) is -1.09. The standard InChI is InChI=1S/C13H17FN2O2/c14-11-5-1-2-6-12(11)16-7-3-4-10(9-16)15-8-13(17)18/h1-2,5-6,10,15H,3-4,7-9H2,(H,17,18). The Bertz CT molecular complexity index is 425. The number of anilines is 1. The number of nitrogens with zero attached hydrogens (tertiary/aromatic N) is 1. The van der Waals surface area contributed by atoms with Crippen molar-refractivity contribution in [3.63, 3.8) is 0 Å². The van der Waals surface area contributed by atoms with E-state index in [4.69, 9.17) is 5.11 Å². The number of carboxylic acid groups (broad SMARTS) is 1. The molecule has 0 aliphatic carbocycles. The average molecular weight is 252 g/mol. The summed E-state index contributed by atoms with van der Waals surface area (Å²) in [4.78, 5) is 12.5. The van der Waals surface area contributed by atoms with Crippen LogP contribution in [-0.2, 0) is 4.79 Å². The van der Waals surface area contributed by atoms with Crippen molar-refractivity contribution in [1.29, 1.82) is 0 Å². The van der Waals surface area contributed by atoms with E-state index in [0.29, 0.717) is 12.2 Å². The molecule has 0 radical (unpaired) electrons. The van der Waals surface area contributed by atoms with Gasteiger partial charge in [0.05, 0.1) is 12.2 Å². The zero-order chi connectivity index (χ0) is 13.0. The number of carbonyl (C=O) groups is 1. The van der Waals surface area contributed by atoms with Crippen LogP contribution < -0.4 is 10.2 Å². The van der Waals surface area contributed by atoms with Gasteiger partial charge < -0.3 is 15.3 Å². The minimum Gasteiger partial charge on any atom is -0.480 e. The molecule has 5 heteroatoms. The predicted molar refractivity (Wildman–Crippen MR) is 67.3 cm³/mol. The van der Waals surface area contributed by atoms with E-state index < -0.39 is 5.97 Å². The van der Waals surface area contributed by atoms with E-state index in [-0.39, 0.29) is 18.4 Å². The van der Waals surface area contributed by atoms with Crippen molar-refractivity contribution >= 4 is 11.7 Å². The molecule has 0 bridgehead atoms. The molecule has 0 aromatic heterocycles. The lowest BCUT2D eigenvalue weighted by molar-refractivity contribution is -0.136. The van der Waals surface area contributed by atoms with E-state index in [1.165, 1.54) is 6.07 Å². The highest BCUT2D eigenvalue weighted by Crippen LogP contribution is 2.22. The van der Waals surface area contributed by atoms with E-state index in [1.807, 2.05) is 11.0 Å². The molecule has 1 fully saturated rings. The summed E-state index contributed by atoms with van der Waals surface area (Å²) in [5, 5.41) is 11.6. The van der Waals surface area contributed by atoms with Gasteiger partial charge in [-0.1, -0.05) is 12.1 Å². The first-order valence-electron chi connectivity index (χ1n) is 6.11. The molecule has 1 aromatic carbocycles. The van der Waals surface area contributed by atoms with Crippen LogP contribution in [0.2, 0.25) is 0 Å². The normalized spacial score (nSPS) is 19.8. The molecule has 2 rings (SSSR count). The molecule has 1 unspecified atom stereocenters. The Morgan fingerprint density at radius 2 is 2.28 bits per heavy atom. The maximum atomic E-state index is 13.7. The Kier molecular flexibility index (Phi) is 4.15. The fraction of sp³-hybridized carbons (Fsp3) is 0.462. The largest absolute Gasteiger partial charge is 0.480 e. The Morgan fingerprint density at radius 3 is 3.00 bits per heavy atom. The highest BCUT2D eigenvalue weighted by Gasteiger charge is 2.21. The van der Waals surface area contributed by atoms with Gasteiger partial charge in [-0.2, -0.15) is 0 Å². The van der Waals surface area contributed by atoms with Gasteiger partial charge in [-0.05, 0) is 25.0 Å². The molecule has 1 atom stereocenters. The molecule has 4 nitrogen and oxygen atoms in total. The Labute approximate surface area is 105 Å². The van der Waals surface area contributed by atoms with E-state index >= 15 is 0 Å². The molecule has 1 saturated heterocycles. The number of piperidine rings is 1. The summed E-state index contributed by atoms with van der Waals surface area (Å²) in [5.41, 5.74) is 0.597. The third-order valence-corrected chi connectivity index (χ3v) is 3.16. The topological polar surface area (TPSA) is 52.6 Å². The van der Waals surface area contributed by atoms with Crippen molar-refractivity contribution in [2.75, 3.05) is 24.5 Å². The number of nitrogens with one attached hydrogen (secondary N) is 1. The molecule has 1 aliphatic heterocycles. The number of rotatable bonds is 4. The van der Waals surface area contributed by atoms with Crippen LogP contribution >= 0.6 is 0 Å². The lowest BCUT2D eigenvalue weighted by atomic mass is 10.0. The quantitative estimate of drug-likeness (QED) is 0.852. The van der Waals surface area contributed by atoms with Gasteiger partial charge in [-0.15, -0.1) is 0 Å². The monoisotopic (exact) mass is 252 g/mol. The van der Waals surface area contributed by atoms with E-state index in [2.05, 4.69) is 5.32 Å². The summed E-state index contributed by atoms with van der Waals surface area (Å²) in [6.07, 6.45) is 1.86. The minimum atomic E-state index is -0.863. The Morgan fingerprint density at radius 1 is 1.50 bits per heavy atom. The van der Waals surface area contributed by atoms with Crippen LogP contribution in [0, 0.1) is 5.82 Å². The number of halogens is 1. The lowest BCUT2D eigenvalue weighted by Gasteiger charge is -2.34. The molecule has 0 amide bonds. The van der Waals surface area contributed by atoms with Crippen LogP contribution in [0.15, 0.2) is 24.3 Å². The zero-order valence-electron chi connectivity index (χ0n) is 10.1. The van der Waals surface area contributed by atoms with Gasteiger partial charge in [0.15, 0.2) is 0 Å². The maximum Gasteiger partial charge on any atom is 0.317 e. The smallest absolute Gasteiger partial charge is 0.317 e. The molecule has 18 heavy (non-hydrogen) atoms. The summed E-state index contributed by atoms with van der Waals surface area (Å²) in [6.45, 7) is 1.41. The highest BCUT2D eigenvalue weighted by molar-refractivity contribution is 5.69. The summed E-state index contributed by atoms with van der Waals surface area (Å²) in [6, 6.07) is 6.79. The molecule has 0 spiro atoms. The minimum absolute atomic E-state index is 0.0459. The van der Waals surface area contributed by atoms with Crippen LogP contribution in [0.1, 0.15) is 12.8 Å². The van der Waals surface area contributed by atoms with Gasteiger partial charge in [-0.3, -0.25) is 4.79 Å². The van der Waals surface area contributed by atoms with Gasteiger partial charge in [-0.25, -0.2) is 4.39 Å². The first-order valence-corrected chi connectivity index (χ1v) is 6.11. The number of benzene rings is 1. The third-order valence-electron chi connectivity index (χ3n) is 3.16. The molecule has 1 aliphatic rings. The first-order chi connectivity index (χ1) is 8.66. The lowest BCUT2D eigenvalue weighted by Crippen LogP contribution is -2.47. The zero-order valence-corrected chi connectivity index (χ0v) is 10.1. The van der Waals surface area contributed by atoms with Crippen molar-refractivity contribution in [2.45, 2.75) is 18.9 Å². The van der Waals surface area contributed by atoms with Crippen LogP contribution in [0.4, 0.5) is 10.1 Å². The Hall–Kier alpha value is -1.62. The molecule has 1 aromatic rings. The summed E-state index contributed by atoms with van der Waals surface area (Å²) in [7, 11) is 0. The molecule has 0 saturated carbocycles. The van der Waals surface area contributed by atoms with Crippen molar-refractivity contribution in [3.05, 3.63) is 30.1 Å². The Balaban J connectivity index is 1.98. The van der Waals surface area contributed by atoms with Crippen molar-refractivity contribution in [3.8, 4) is 0 Å². The second kappa shape index (κ2) is 5.82. The van der Waals surface area contributed by atoms with Crippen molar-refractivity contribution in [1.82, 2.24) is 5.32 Å². The number of aliphatic carboxylic acids is 1. The van der Waals surface area contributed by atoms with Crippen LogP contribution in [0.3, 0.4) is 0 Å². The molecule has 98 valence electrons. The predicted octanol–water partition coefficient (Wildman–Crippen LogP) is 1.47.